The summed E-state index contributed by atoms with van der Waals surface area (Å²) >= 11 is 0. The molecule has 0 unspecified atom stereocenters. The van der Waals surface area contributed by atoms with E-state index in [0.717, 1.165) is 36.4 Å². The summed E-state index contributed by atoms with van der Waals surface area (Å²) in [5.74, 6) is 1.66. The van der Waals surface area contributed by atoms with Crippen LogP contribution in [-0.4, -0.2) is 63.4 Å². The maximum atomic E-state index is 12.3. The molecule has 23 heavy (non-hydrogen) atoms. The first-order valence-corrected chi connectivity index (χ1v) is 8.06. The predicted octanol–water partition coefficient (Wildman–Crippen LogP) is 0.836. The number of methoxy groups -OCH3 is 1. The number of amides is 1. The van der Waals surface area contributed by atoms with E-state index in [0.29, 0.717) is 19.8 Å². The fraction of sp³-hybridized carbons (Fsp3) is 0.588. The van der Waals surface area contributed by atoms with Crippen LogP contribution in [-0.2, 0) is 16.0 Å². The van der Waals surface area contributed by atoms with Crippen LogP contribution in [0, 0.1) is 0 Å². The monoisotopic (exact) mass is 320 g/mol. The van der Waals surface area contributed by atoms with Gasteiger partial charge in [-0.15, -0.1) is 0 Å². The first kappa shape index (κ1) is 16.1. The summed E-state index contributed by atoms with van der Waals surface area (Å²) in [6.07, 6.45) is 1.67. The zero-order chi connectivity index (χ0) is 16.2. The van der Waals surface area contributed by atoms with Crippen molar-refractivity contribution in [3.05, 3.63) is 23.8 Å². The quantitative estimate of drug-likeness (QED) is 0.871. The highest BCUT2D eigenvalue weighted by Gasteiger charge is 2.34. The van der Waals surface area contributed by atoms with Gasteiger partial charge in [0.25, 0.3) is 0 Å². The van der Waals surface area contributed by atoms with E-state index in [4.69, 9.17) is 14.2 Å². The van der Waals surface area contributed by atoms with Gasteiger partial charge in [-0.1, -0.05) is 6.07 Å². The zero-order valence-corrected chi connectivity index (χ0v) is 13.7. The number of likely N-dealkylation sites (N-methyl/N-ethyl adjacent to an activating group) is 1. The van der Waals surface area contributed by atoms with E-state index in [1.165, 1.54) is 0 Å². The van der Waals surface area contributed by atoms with Crippen LogP contribution in [0.15, 0.2) is 18.2 Å². The van der Waals surface area contributed by atoms with Crippen molar-refractivity contribution in [1.29, 1.82) is 0 Å². The van der Waals surface area contributed by atoms with Gasteiger partial charge < -0.3 is 19.5 Å². The van der Waals surface area contributed by atoms with Crippen LogP contribution in [0.1, 0.15) is 12.0 Å². The van der Waals surface area contributed by atoms with E-state index in [1.54, 1.807) is 7.11 Å². The molecule has 6 heteroatoms. The SMILES string of the molecule is CO[C@H]1C[C@@H](C(=O)NCCc2ccc3c(c2)OCCO3)N(C)C1. The Morgan fingerprint density at radius 1 is 1.35 bits per heavy atom. The second-order valence-corrected chi connectivity index (χ2v) is 6.07. The average Bonchev–Trinajstić information content (AvgIpc) is 2.96. The third kappa shape index (κ3) is 3.76. The molecule has 3 rings (SSSR count). The molecule has 0 aliphatic carbocycles. The maximum absolute atomic E-state index is 12.3. The Morgan fingerprint density at radius 2 is 2.13 bits per heavy atom. The highest BCUT2D eigenvalue weighted by Crippen LogP contribution is 2.30. The molecule has 2 aliphatic rings. The molecule has 6 nitrogen and oxygen atoms in total. The van der Waals surface area contributed by atoms with Gasteiger partial charge in [0.15, 0.2) is 11.5 Å². The molecule has 2 aliphatic heterocycles. The van der Waals surface area contributed by atoms with E-state index < -0.39 is 0 Å². The molecule has 0 saturated carbocycles. The first-order chi connectivity index (χ1) is 11.2. The molecule has 1 N–H and O–H groups in total. The highest BCUT2D eigenvalue weighted by molar-refractivity contribution is 5.82. The lowest BCUT2D eigenvalue weighted by molar-refractivity contribution is -0.125. The Bertz CT molecular complexity index is 564. The zero-order valence-electron chi connectivity index (χ0n) is 13.7. The molecule has 1 amide bonds. The lowest BCUT2D eigenvalue weighted by Crippen LogP contribution is -2.42. The Balaban J connectivity index is 1.48. The lowest BCUT2D eigenvalue weighted by atomic mass is 10.1. The van der Waals surface area contributed by atoms with E-state index in [1.807, 2.05) is 30.1 Å². The summed E-state index contributed by atoms with van der Waals surface area (Å²) in [6, 6.07) is 5.84. The Morgan fingerprint density at radius 3 is 2.87 bits per heavy atom. The van der Waals surface area contributed by atoms with Gasteiger partial charge in [-0.2, -0.15) is 0 Å². The fourth-order valence-corrected chi connectivity index (χ4v) is 3.12. The number of benzene rings is 1. The Hall–Kier alpha value is -1.79. The van der Waals surface area contributed by atoms with Crippen LogP contribution in [0.25, 0.3) is 0 Å². The number of carbonyl (C=O) groups is 1. The summed E-state index contributed by atoms with van der Waals surface area (Å²) in [4.78, 5) is 14.3. The van der Waals surface area contributed by atoms with Crippen LogP contribution in [0.4, 0.5) is 0 Å². The molecule has 0 radical (unpaired) electrons. The van der Waals surface area contributed by atoms with Gasteiger partial charge in [-0.3, -0.25) is 9.69 Å². The van der Waals surface area contributed by atoms with Crippen molar-refractivity contribution in [2.24, 2.45) is 0 Å². The average molecular weight is 320 g/mol. The molecular weight excluding hydrogens is 296 g/mol. The van der Waals surface area contributed by atoms with Gasteiger partial charge in [0.1, 0.15) is 13.2 Å². The van der Waals surface area contributed by atoms with E-state index in [-0.39, 0.29) is 18.1 Å². The van der Waals surface area contributed by atoms with Crippen molar-refractivity contribution in [1.82, 2.24) is 10.2 Å². The van der Waals surface area contributed by atoms with Crippen LogP contribution in [0.2, 0.25) is 0 Å². The molecule has 0 bridgehead atoms. The Kier molecular flexibility index (Phi) is 5.03. The van der Waals surface area contributed by atoms with Crippen LogP contribution in [0.5, 0.6) is 11.5 Å². The number of ether oxygens (including phenoxy) is 3. The molecule has 126 valence electrons. The van der Waals surface area contributed by atoms with Crippen LogP contribution >= 0.6 is 0 Å². The van der Waals surface area contributed by atoms with Crippen molar-refractivity contribution >= 4 is 5.91 Å². The first-order valence-electron chi connectivity index (χ1n) is 8.06. The van der Waals surface area contributed by atoms with E-state index in [9.17, 15) is 4.79 Å². The number of fused-ring (bicyclic) bond motifs is 1. The molecule has 2 heterocycles. The summed E-state index contributed by atoms with van der Waals surface area (Å²) in [5.41, 5.74) is 1.13. The third-order valence-corrected chi connectivity index (χ3v) is 4.47. The number of carbonyl (C=O) groups excluding carboxylic acids is 1. The maximum Gasteiger partial charge on any atom is 0.237 e. The lowest BCUT2D eigenvalue weighted by Gasteiger charge is -2.19. The van der Waals surface area contributed by atoms with Crippen LogP contribution < -0.4 is 14.8 Å². The van der Waals surface area contributed by atoms with E-state index >= 15 is 0 Å². The van der Waals surface area contributed by atoms with E-state index in [2.05, 4.69) is 5.32 Å². The van der Waals surface area contributed by atoms with Gasteiger partial charge in [0, 0.05) is 20.2 Å². The minimum Gasteiger partial charge on any atom is -0.486 e. The highest BCUT2D eigenvalue weighted by atomic mass is 16.6. The van der Waals surface area contributed by atoms with Crippen LogP contribution in [0.3, 0.4) is 0 Å². The van der Waals surface area contributed by atoms with Crippen molar-refractivity contribution in [2.75, 3.05) is 40.5 Å². The second kappa shape index (κ2) is 7.19. The van der Waals surface area contributed by atoms with Crippen molar-refractivity contribution in [2.45, 2.75) is 25.0 Å². The second-order valence-electron chi connectivity index (χ2n) is 6.07. The molecule has 1 aromatic carbocycles. The molecular formula is C17H24N2O4. The number of nitrogens with zero attached hydrogens (tertiary/aromatic N) is 1. The molecule has 0 aromatic heterocycles. The number of likely N-dealkylation sites (tertiary alicyclic amines) is 1. The minimum atomic E-state index is -0.0970. The van der Waals surface area contributed by atoms with Gasteiger partial charge in [-0.25, -0.2) is 0 Å². The number of rotatable bonds is 5. The molecule has 2 atom stereocenters. The van der Waals surface area contributed by atoms with Crippen molar-refractivity contribution in [3.8, 4) is 11.5 Å². The summed E-state index contributed by atoms with van der Waals surface area (Å²) < 4.78 is 16.4. The third-order valence-electron chi connectivity index (χ3n) is 4.47. The molecule has 1 aromatic rings. The largest absolute Gasteiger partial charge is 0.486 e. The molecule has 1 saturated heterocycles. The fourth-order valence-electron chi connectivity index (χ4n) is 3.12. The molecule has 1 fully saturated rings. The van der Waals surface area contributed by atoms with Crippen molar-refractivity contribution in [3.63, 3.8) is 0 Å². The summed E-state index contributed by atoms with van der Waals surface area (Å²) in [7, 11) is 3.66. The van der Waals surface area contributed by atoms with Crippen molar-refractivity contribution < 1.29 is 19.0 Å². The Labute approximate surface area is 136 Å². The van der Waals surface area contributed by atoms with Gasteiger partial charge in [0.05, 0.1) is 12.1 Å². The standard InChI is InChI=1S/C17H24N2O4/c1-19-11-13(21-2)10-14(19)17(20)18-6-5-12-3-4-15-16(9-12)23-8-7-22-15/h3-4,9,13-14H,5-8,10-11H2,1-2H3,(H,18,20)/t13-,14-/m0/s1. The number of hydrogen-bond donors (Lipinski definition) is 1. The topological polar surface area (TPSA) is 60.0 Å². The smallest absolute Gasteiger partial charge is 0.237 e. The summed E-state index contributed by atoms with van der Waals surface area (Å²) in [5, 5.41) is 3.02. The van der Waals surface area contributed by atoms with Gasteiger partial charge >= 0.3 is 0 Å². The number of hydrogen-bond acceptors (Lipinski definition) is 5. The van der Waals surface area contributed by atoms with Gasteiger partial charge in [-0.05, 0) is 37.6 Å². The minimum absolute atomic E-state index is 0.0737. The normalized spacial score (nSPS) is 23.7. The number of nitrogens with one attached hydrogen (secondary N) is 1. The molecule has 0 spiro atoms. The summed E-state index contributed by atoms with van der Waals surface area (Å²) in [6.45, 7) is 2.60. The van der Waals surface area contributed by atoms with Gasteiger partial charge in [0.2, 0.25) is 5.91 Å². The predicted molar refractivity (Wildman–Crippen MR) is 86.0 cm³/mol.